The van der Waals surface area contributed by atoms with E-state index in [1.54, 1.807) is 11.0 Å². The smallest absolute Gasteiger partial charge is 0.346 e. The van der Waals surface area contributed by atoms with Gasteiger partial charge < -0.3 is 19.4 Å². The molecule has 0 atom stereocenters. The second-order valence-corrected chi connectivity index (χ2v) is 6.81. The van der Waals surface area contributed by atoms with Gasteiger partial charge in [0.2, 0.25) is 0 Å². The molecule has 1 spiro atoms. The van der Waals surface area contributed by atoms with Crippen molar-refractivity contribution < 1.29 is 14.3 Å². The summed E-state index contributed by atoms with van der Waals surface area (Å²) in [6.07, 6.45) is 1.28. The first-order valence-electron chi connectivity index (χ1n) is 7.88. The second-order valence-electron chi connectivity index (χ2n) is 5.86. The van der Waals surface area contributed by atoms with E-state index in [4.69, 9.17) is 9.47 Å². The summed E-state index contributed by atoms with van der Waals surface area (Å²) in [6.45, 7) is 2.27. The first kappa shape index (κ1) is 15.5. The molecular weight excluding hydrogens is 330 g/mol. The van der Waals surface area contributed by atoms with Crippen LogP contribution in [0.5, 0.6) is 0 Å². The predicted octanol–water partition coefficient (Wildman–Crippen LogP) is 1.48. The molecule has 126 valence electrons. The topological polar surface area (TPSA) is 84.5 Å². The minimum Gasteiger partial charge on any atom is -0.347 e. The summed E-state index contributed by atoms with van der Waals surface area (Å²) >= 11 is 1.50. The predicted molar refractivity (Wildman–Crippen MR) is 87.9 cm³/mol. The molecule has 4 rings (SSSR count). The third-order valence-corrected chi connectivity index (χ3v) is 5.28. The van der Waals surface area contributed by atoms with Gasteiger partial charge in [0.25, 0.3) is 5.91 Å². The van der Waals surface area contributed by atoms with Gasteiger partial charge in [-0.25, -0.2) is 4.79 Å². The molecule has 2 aliphatic heterocycles. The molecule has 8 heteroatoms. The number of likely N-dealkylation sites (tertiary alicyclic amines) is 1. The maximum Gasteiger partial charge on any atom is 0.346 e. The van der Waals surface area contributed by atoms with Crippen LogP contribution in [0.1, 0.15) is 23.3 Å². The van der Waals surface area contributed by atoms with Crippen LogP contribution in [0.2, 0.25) is 0 Å². The standard InChI is InChI=1S/C16H17N3O4S/c20-14(19-5-3-16(4-6-19)22-7-8-23-16)12-10-11(17-15(21)18-12)13-2-1-9-24-13/h1-2,9-10H,3-8H2,(H,17,18,21). The van der Waals surface area contributed by atoms with Crippen LogP contribution in [0.4, 0.5) is 0 Å². The molecule has 1 amide bonds. The van der Waals surface area contributed by atoms with Gasteiger partial charge in [-0.2, -0.15) is 4.98 Å². The summed E-state index contributed by atoms with van der Waals surface area (Å²) in [5.74, 6) is -0.757. The van der Waals surface area contributed by atoms with E-state index in [0.717, 1.165) is 4.88 Å². The van der Waals surface area contributed by atoms with Crippen LogP contribution < -0.4 is 5.69 Å². The number of rotatable bonds is 2. The van der Waals surface area contributed by atoms with Gasteiger partial charge in [0.1, 0.15) is 5.69 Å². The van der Waals surface area contributed by atoms with Crippen LogP contribution in [0, 0.1) is 0 Å². The van der Waals surface area contributed by atoms with Gasteiger partial charge in [-0.05, 0) is 17.5 Å². The molecule has 0 saturated carbocycles. The van der Waals surface area contributed by atoms with E-state index in [1.165, 1.54) is 11.3 Å². The SMILES string of the molecule is O=C(c1cc(-c2cccs2)[nH]c(=O)n1)N1CCC2(CC1)OCCO2. The van der Waals surface area contributed by atoms with Gasteiger partial charge in [0.15, 0.2) is 5.79 Å². The molecule has 4 heterocycles. The zero-order valence-corrected chi connectivity index (χ0v) is 13.8. The summed E-state index contributed by atoms with van der Waals surface area (Å²) < 4.78 is 11.3. The van der Waals surface area contributed by atoms with Crippen molar-refractivity contribution in [2.24, 2.45) is 0 Å². The molecule has 1 N–H and O–H groups in total. The lowest BCUT2D eigenvalue weighted by atomic mass is 10.0. The molecule has 24 heavy (non-hydrogen) atoms. The van der Waals surface area contributed by atoms with E-state index in [2.05, 4.69) is 9.97 Å². The summed E-state index contributed by atoms with van der Waals surface area (Å²) in [6, 6.07) is 5.43. The monoisotopic (exact) mass is 347 g/mol. The maximum atomic E-state index is 12.7. The minimum atomic E-state index is -0.527. The van der Waals surface area contributed by atoms with Crippen molar-refractivity contribution in [2.45, 2.75) is 18.6 Å². The summed E-state index contributed by atoms with van der Waals surface area (Å²) in [7, 11) is 0. The Labute approximate surface area is 142 Å². The van der Waals surface area contributed by atoms with Crippen molar-refractivity contribution in [3.8, 4) is 10.6 Å². The first-order chi connectivity index (χ1) is 11.7. The molecule has 0 aromatic carbocycles. The summed E-state index contributed by atoms with van der Waals surface area (Å²) in [4.78, 5) is 33.7. The minimum absolute atomic E-state index is 0.173. The number of piperidine rings is 1. The van der Waals surface area contributed by atoms with Crippen molar-refractivity contribution in [3.05, 3.63) is 39.8 Å². The Bertz CT molecular complexity index is 786. The number of carbonyl (C=O) groups is 1. The average molecular weight is 347 g/mol. The number of H-pyrrole nitrogens is 1. The third kappa shape index (κ3) is 2.88. The fourth-order valence-corrected chi connectivity index (χ4v) is 3.83. The molecule has 7 nitrogen and oxygen atoms in total. The molecule has 0 unspecified atom stereocenters. The molecule has 2 saturated heterocycles. The van der Waals surface area contributed by atoms with Crippen molar-refractivity contribution in [3.63, 3.8) is 0 Å². The first-order valence-corrected chi connectivity index (χ1v) is 8.76. The van der Waals surface area contributed by atoms with Crippen molar-refractivity contribution in [2.75, 3.05) is 26.3 Å². The molecule has 2 aliphatic rings. The molecule has 2 aromatic rings. The van der Waals surface area contributed by atoms with Crippen molar-refractivity contribution in [1.29, 1.82) is 0 Å². The van der Waals surface area contributed by atoms with Gasteiger partial charge in [0, 0.05) is 25.9 Å². The Morgan fingerprint density at radius 2 is 2.04 bits per heavy atom. The van der Waals surface area contributed by atoms with E-state index in [1.807, 2.05) is 17.5 Å². The van der Waals surface area contributed by atoms with Gasteiger partial charge in [-0.3, -0.25) is 4.79 Å². The number of thiophene rings is 1. The fourth-order valence-electron chi connectivity index (χ4n) is 3.13. The molecule has 0 aliphatic carbocycles. The molecule has 2 aromatic heterocycles. The quantitative estimate of drug-likeness (QED) is 0.889. The number of amides is 1. The van der Waals surface area contributed by atoms with Crippen LogP contribution in [0.25, 0.3) is 10.6 Å². The fraction of sp³-hybridized carbons (Fsp3) is 0.438. The number of ether oxygens (including phenoxy) is 2. The van der Waals surface area contributed by atoms with Crippen LogP contribution in [0.3, 0.4) is 0 Å². The third-order valence-electron chi connectivity index (χ3n) is 4.38. The zero-order chi connectivity index (χ0) is 16.6. The summed E-state index contributed by atoms with van der Waals surface area (Å²) in [5.41, 5.74) is 0.274. The van der Waals surface area contributed by atoms with E-state index in [9.17, 15) is 9.59 Å². The Hall–Kier alpha value is -2.03. The number of hydrogen-bond acceptors (Lipinski definition) is 6. The lowest BCUT2D eigenvalue weighted by molar-refractivity contribution is -0.181. The molecular formula is C16H17N3O4S. The molecule has 2 fully saturated rings. The molecule has 0 bridgehead atoms. The second kappa shape index (κ2) is 6.12. The van der Waals surface area contributed by atoms with Crippen molar-refractivity contribution in [1.82, 2.24) is 14.9 Å². The number of hydrogen-bond donors (Lipinski definition) is 1. The Morgan fingerprint density at radius 1 is 1.29 bits per heavy atom. The van der Waals surface area contributed by atoms with Crippen LogP contribution in [-0.4, -0.2) is 52.9 Å². The number of nitrogens with one attached hydrogen (secondary N) is 1. The van der Waals surface area contributed by atoms with Crippen LogP contribution >= 0.6 is 11.3 Å². The average Bonchev–Trinajstić information content (AvgIpc) is 3.27. The van der Waals surface area contributed by atoms with Crippen LogP contribution in [-0.2, 0) is 9.47 Å². The van der Waals surface area contributed by atoms with E-state index >= 15 is 0 Å². The largest absolute Gasteiger partial charge is 0.347 e. The van der Waals surface area contributed by atoms with E-state index < -0.39 is 11.5 Å². The van der Waals surface area contributed by atoms with E-state index in [0.29, 0.717) is 44.8 Å². The van der Waals surface area contributed by atoms with Gasteiger partial charge in [0.05, 0.1) is 23.8 Å². The van der Waals surface area contributed by atoms with Crippen molar-refractivity contribution >= 4 is 17.2 Å². The Morgan fingerprint density at radius 3 is 2.71 bits per heavy atom. The number of aromatic amines is 1. The highest BCUT2D eigenvalue weighted by molar-refractivity contribution is 7.13. The maximum absolute atomic E-state index is 12.7. The number of aromatic nitrogens is 2. The van der Waals surface area contributed by atoms with Crippen LogP contribution in [0.15, 0.2) is 28.4 Å². The number of carbonyl (C=O) groups excluding carboxylic acids is 1. The van der Waals surface area contributed by atoms with E-state index in [-0.39, 0.29) is 11.6 Å². The van der Waals surface area contributed by atoms with Gasteiger partial charge in [-0.15, -0.1) is 11.3 Å². The zero-order valence-electron chi connectivity index (χ0n) is 13.0. The summed E-state index contributed by atoms with van der Waals surface area (Å²) in [5, 5.41) is 1.92. The normalized spacial score (nSPS) is 19.8. The Kier molecular flexibility index (Phi) is 3.95. The van der Waals surface area contributed by atoms with Gasteiger partial charge >= 0.3 is 5.69 Å². The highest BCUT2D eigenvalue weighted by Crippen LogP contribution is 2.31. The highest BCUT2D eigenvalue weighted by atomic mass is 32.1. The lowest BCUT2D eigenvalue weighted by Crippen LogP contribution is -2.47. The Balaban J connectivity index is 1.54. The number of nitrogens with zero attached hydrogens (tertiary/aromatic N) is 2. The lowest BCUT2D eigenvalue weighted by Gasteiger charge is -2.37. The highest BCUT2D eigenvalue weighted by Gasteiger charge is 2.41. The van der Waals surface area contributed by atoms with Gasteiger partial charge in [-0.1, -0.05) is 6.07 Å². The molecule has 0 radical (unpaired) electrons.